The van der Waals surface area contributed by atoms with Gasteiger partial charge in [-0.3, -0.25) is 9.59 Å². The predicted octanol–water partition coefficient (Wildman–Crippen LogP) is 2.61. The number of carboxylic acids is 1. The highest BCUT2D eigenvalue weighted by molar-refractivity contribution is 6.34. The monoisotopic (exact) mass is 671 g/mol. The molecule has 0 spiro atoms. The van der Waals surface area contributed by atoms with E-state index in [1.807, 2.05) is 30.3 Å². The van der Waals surface area contributed by atoms with Gasteiger partial charge in [-0.25, -0.2) is 4.98 Å². The number of quaternary nitrogens is 1. The number of likely N-dealkylation sites (N-methyl/N-ethyl adjacent to an activating group) is 1. The minimum absolute atomic E-state index is 0.0975. The molecule has 1 amide bonds. The summed E-state index contributed by atoms with van der Waals surface area (Å²) in [5.74, 6) is -2.50. The molecule has 2 atom stereocenters. The molecule has 0 saturated carbocycles. The van der Waals surface area contributed by atoms with Crippen LogP contribution in [0, 0.1) is 5.92 Å². The van der Waals surface area contributed by atoms with Crippen LogP contribution in [0.15, 0.2) is 66.0 Å². The molecule has 2 aliphatic rings. The van der Waals surface area contributed by atoms with Gasteiger partial charge in [0.1, 0.15) is 17.8 Å². The molecule has 3 heterocycles. The Hall–Kier alpha value is -4.62. The number of amides is 1. The molecule has 2 aliphatic heterocycles. The standard InChI is InChI=1S/C31H32ClN5O3.C2HF3O2/c1-3-29(39)36-16-19(17-36)18-37-28-14-26(32)25(24-12-22(38)11-20-7-4-5-9-23(20)24)13-27(28)34-30(31(37)40)33-15-21-8-6-10-35(21)2;3-2(4,5)1(6)7/h3-5,7,9,11-14,19,21,38H,1,6,8,10,15-18H2,2H3,(H,33,34);(H,6,7)/t21-;/m0./s1. The minimum Gasteiger partial charge on any atom is -0.542 e. The number of alkyl halides is 3. The lowest BCUT2D eigenvalue weighted by atomic mass is 9.97. The molecule has 0 radical (unpaired) electrons. The van der Waals surface area contributed by atoms with E-state index in [1.54, 1.807) is 27.7 Å². The first-order valence-corrected chi connectivity index (χ1v) is 15.4. The van der Waals surface area contributed by atoms with Gasteiger partial charge in [0, 0.05) is 44.0 Å². The maximum absolute atomic E-state index is 13.8. The van der Waals surface area contributed by atoms with Crippen LogP contribution in [0.1, 0.15) is 12.8 Å². The maximum atomic E-state index is 13.8. The van der Waals surface area contributed by atoms with Crippen molar-refractivity contribution >= 4 is 51.1 Å². The number of phenolic OH excluding ortho intramolecular Hbond substituents is 1. The number of phenols is 1. The first-order valence-electron chi connectivity index (χ1n) is 15.0. The topological polar surface area (TPSA) is 132 Å². The zero-order valence-electron chi connectivity index (χ0n) is 25.4. The number of nitrogens with one attached hydrogen (secondary N) is 2. The molecule has 0 aliphatic carbocycles. The van der Waals surface area contributed by atoms with Gasteiger partial charge in [-0.2, -0.15) is 13.2 Å². The Morgan fingerprint density at radius 1 is 1.19 bits per heavy atom. The second kappa shape index (κ2) is 13.6. The van der Waals surface area contributed by atoms with Gasteiger partial charge in [0.15, 0.2) is 5.82 Å². The summed E-state index contributed by atoms with van der Waals surface area (Å²) in [4.78, 5) is 42.5. The number of carbonyl (C=O) groups excluding carboxylic acids is 2. The Labute approximate surface area is 272 Å². The smallest absolute Gasteiger partial charge is 0.430 e. The van der Waals surface area contributed by atoms with Crippen molar-refractivity contribution in [3.05, 3.63) is 76.6 Å². The van der Waals surface area contributed by atoms with Crippen LogP contribution in [0.4, 0.5) is 19.0 Å². The first-order chi connectivity index (χ1) is 22.3. The Morgan fingerprint density at radius 2 is 1.89 bits per heavy atom. The molecular weight excluding hydrogens is 639 g/mol. The summed E-state index contributed by atoms with van der Waals surface area (Å²) in [6, 6.07) is 15.4. The van der Waals surface area contributed by atoms with Gasteiger partial charge in [0.2, 0.25) is 5.91 Å². The van der Waals surface area contributed by atoms with Crippen molar-refractivity contribution in [3.63, 3.8) is 0 Å². The number of nitrogens with zero attached hydrogens (tertiary/aromatic N) is 3. The number of carboxylic acid groups (broad SMARTS) is 1. The van der Waals surface area contributed by atoms with Crippen molar-refractivity contribution in [1.29, 1.82) is 0 Å². The van der Waals surface area contributed by atoms with Crippen LogP contribution in [0.25, 0.3) is 32.9 Å². The van der Waals surface area contributed by atoms with Gasteiger partial charge in [0.25, 0.3) is 5.56 Å². The lowest BCUT2D eigenvalue weighted by molar-refractivity contribution is -0.890. The zero-order chi connectivity index (χ0) is 34.0. The SMILES string of the molecule is C=CC(=O)N1CC(Cn2c(=O)c(NC[C@@H]3CCC[NH+]3C)nc3cc(-c4cc(O)cc5ccccc45)c(Cl)cc32)C1.O=C([O-])C(F)(F)F. The Bertz CT molecular complexity index is 1910. The van der Waals surface area contributed by atoms with Gasteiger partial charge < -0.3 is 34.7 Å². The number of benzene rings is 3. The summed E-state index contributed by atoms with van der Waals surface area (Å²) < 4.78 is 33.3. The van der Waals surface area contributed by atoms with Crippen molar-refractivity contribution in [3.8, 4) is 16.9 Å². The number of aromatic hydroxyl groups is 1. The van der Waals surface area contributed by atoms with E-state index in [-0.39, 0.29) is 23.1 Å². The van der Waals surface area contributed by atoms with E-state index in [0.29, 0.717) is 54.1 Å². The molecule has 248 valence electrons. The molecule has 2 saturated heterocycles. The quantitative estimate of drug-likeness (QED) is 0.258. The van der Waals surface area contributed by atoms with Gasteiger partial charge in [-0.1, -0.05) is 42.4 Å². The zero-order valence-corrected chi connectivity index (χ0v) is 26.2. The molecule has 6 rings (SSSR count). The van der Waals surface area contributed by atoms with Crippen LogP contribution in [0.3, 0.4) is 0 Å². The fraction of sp³-hybridized carbons (Fsp3) is 0.333. The van der Waals surface area contributed by atoms with Crippen LogP contribution in [0.5, 0.6) is 5.75 Å². The largest absolute Gasteiger partial charge is 0.542 e. The molecule has 2 fully saturated rings. The van der Waals surface area contributed by atoms with Crippen LogP contribution < -0.4 is 20.9 Å². The molecule has 4 aromatic rings. The van der Waals surface area contributed by atoms with Gasteiger partial charge >= 0.3 is 6.18 Å². The summed E-state index contributed by atoms with van der Waals surface area (Å²) in [6.07, 6.45) is -1.59. The minimum atomic E-state index is -5.19. The highest BCUT2D eigenvalue weighted by Gasteiger charge is 2.31. The second-order valence-corrected chi connectivity index (χ2v) is 12.2. The first kappa shape index (κ1) is 33.7. The number of halogens is 4. The summed E-state index contributed by atoms with van der Waals surface area (Å²) in [6.45, 7) is 6.96. The number of anilines is 1. The summed E-state index contributed by atoms with van der Waals surface area (Å²) in [5, 5.41) is 24.9. The van der Waals surface area contributed by atoms with Gasteiger partial charge in [0.05, 0.1) is 36.2 Å². The van der Waals surface area contributed by atoms with E-state index in [2.05, 4.69) is 18.9 Å². The third-order valence-electron chi connectivity index (χ3n) is 8.62. The number of aliphatic carboxylic acids is 1. The third kappa shape index (κ3) is 7.36. The van der Waals surface area contributed by atoms with E-state index < -0.39 is 12.1 Å². The van der Waals surface area contributed by atoms with Crippen LogP contribution in [-0.2, 0) is 16.1 Å². The second-order valence-electron chi connectivity index (χ2n) is 11.8. The number of fused-ring (bicyclic) bond motifs is 2. The molecular formula is C33H33ClF3N5O5. The van der Waals surface area contributed by atoms with E-state index in [1.165, 1.54) is 17.4 Å². The van der Waals surface area contributed by atoms with Gasteiger partial charge in [-0.15, -0.1) is 0 Å². The number of aromatic nitrogens is 2. The summed E-state index contributed by atoms with van der Waals surface area (Å²) in [7, 11) is 2.19. The van der Waals surface area contributed by atoms with Crippen molar-refractivity contribution in [2.75, 3.05) is 38.5 Å². The average Bonchev–Trinajstić information content (AvgIpc) is 3.42. The van der Waals surface area contributed by atoms with Gasteiger partial charge in [-0.05, 0) is 46.7 Å². The fourth-order valence-corrected chi connectivity index (χ4v) is 6.37. The molecule has 14 heteroatoms. The number of rotatable bonds is 7. The van der Waals surface area contributed by atoms with Crippen molar-refractivity contribution in [2.45, 2.75) is 31.6 Å². The van der Waals surface area contributed by atoms with E-state index >= 15 is 0 Å². The van der Waals surface area contributed by atoms with Crippen molar-refractivity contribution < 1.29 is 37.9 Å². The van der Waals surface area contributed by atoms with Crippen molar-refractivity contribution in [2.24, 2.45) is 5.92 Å². The average molecular weight is 672 g/mol. The molecule has 0 bridgehead atoms. The maximum Gasteiger partial charge on any atom is 0.430 e. The highest BCUT2D eigenvalue weighted by atomic mass is 35.5. The summed E-state index contributed by atoms with van der Waals surface area (Å²) in [5.41, 5.74) is 2.62. The van der Waals surface area contributed by atoms with Crippen LogP contribution >= 0.6 is 11.6 Å². The number of hydrogen-bond acceptors (Lipinski definition) is 7. The highest BCUT2D eigenvalue weighted by Crippen LogP contribution is 2.38. The molecule has 1 unspecified atom stereocenters. The molecule has 3 aromatic carbocycles. The number of hydrogen-bond donors (Lipinski definition) is 3. The molecule has 10 nitrogen and oxygen atoms in total. The summed E-state index contributed by atoms with van der Waals surface area (Å²) >= 11 is 6.88. The Kier molecular flexibility index (Phi) is 9.78. The lowest BCUT2D eigenvalue weighted by Gasteiger charge is -2.39. The predicted molar refractivity (Wildman–Crippen MR) is 170 cm³/mol. The van der Waals surface area contributed by atoms with E-state index in [4.69, 9.17) is 26.5 Å². The van der Waals surface area contributed by atoms with Crippen LogP contribution in [0.2, 0.25) is 5.02 Å². The lowest BCUT2D eigenvalue weighted by Crippen LogP contribution is -3.11. The van der Waals surface area contributed by atoms with E-state index in [0.717, 1.165) is 34.9 Å². The number of likely N-dealkylation sites (tertiary alicyclic amines) is 2. The molecule has 3 N–H and O–H groups in total. The molecule has 1 aromatic heterocycles. The number of carbonyl (C=O) groups is 2. The molecule has 47 heavy (non-hydrogen) atoms. The Balaban J connectivity index is 0.000000559. The van der Waals surface area contributed by atoms with Crippen molar-refractivity contribution in [1.82, 2.24) is 14.5 Å². The van der Waals surface area contributed by atoms with Crippen LogP contribution in [-0.4, -0.2) is 76.9 Å². The third-order valence-corrected chi connectivity index (χ3v) is 8.94. The normalized spacial score (nSPS) is 18.0. The van der Waals surface area contributed by atoms with E-state index in [9.17, 15) is 27.9 Å². The Morgan fingerprint density at radius 3 is 2.53 bits per heavy atom. The fourth-order valence-electron chi connectivity index (χ4n) is 6.11.